The first-order valence-electron chi connectivity index (χ1n) is 4.73. The van der Waals surface area contributed by atoms with Gasteiger partial charge in [0.1, 0.15) is 12.4 Å². The number of benzene rings is 1. The first-order chi connectivity index (χ1) is 7.01. The van der Waals surface area contributed by atoms with Crippen LogP contribution in [0.3, 0.4) is 0 Å². The van der Waals surface area contributed by atoms with Gasteiger partial charge in [-0.1, -0.05) is 34.7 Å². The number of ether oxygens (including phenoxy) is 1. The van der Waals surface area contributed by atoms with Gasteiger partial charge in [0.2, 0.25) is 0 Å². The highest BCUT2D eigenvalue weighted by atomic mass is 127. The fourth-order valence-electron chi connectivity index (χ4n) is 1.01. The largest absolute Gasteiger partial charge is 0.491 e. The van der Waals surface area contributed by atoms with Crippen molar-refractivity contribution >= 4 is 28.7 Å². The third kappa shape index (κ3) is 5.18. The van der Waals surface area contributed by atoms with Gasteiger partial charge in [-0.2, -0.15) is 0 Å². The van der Waals surface area contributed by atoms with Crippen LogP contribution in [0.5, 0.6) is 5.75 Å². The molecule has 2 nitrogen and oxygen atoms in total. The minimum absolute atomic E-state index is 0.300. The number of hydrogen-bond acceptors (Lipinski definition) is 2. The topological polar surface area (TPSA) is 29.5 Å². The molecule has 0 aliphatic carbocycles. The van der Waals surface area contributed by atoms with Crippen molar-refractivity contribution in [2.75, 3.05) is 6.61 Å². The smallest absolute Gasteiger partial charge is 0.119 e. The molecule has 0 fully saturated rings. The molecule has 3 heteroatoms. The Morgan fingerprint density at radius 3 is 2.40 bits per heavy atom. The summed E-state index contributed by atoms with van der Waals surface area (Å²) in [4.78, 5) is 0. The number of hydrogen-bond donors (Lipinski definition) is 1. The quantitative estimate of drug-likeness (QED) is 0.864. The van der Waals surface area contributed by atoms with E-state index < -0.39 is 5.60 Å². The van der Waals surface area contributed by atoms with Crippen molar-refractivity contribution in [1.82, 2.24) is 0 Å². The Labute approximate surface area is 104 Å². The normalized spacial score (nSPS) is 12.0. The summed E-state index contributed by atoms with van der Waals surface area (Å²) in [7, 11) is 0. The molecule has 0 atom stereocenters. The van der Waals surface area contributed by atoms with E-state index in [4.69, 9.17) is 4.74 Å². The van der Waals surface area contributed by atoms with Crippen LogP contribution in [0, 0.1) is 0 Å². The van der Waals surface area contributed by atoms with E-state index in [2.05, 4.69) is 22.6 Å². The summed E-state index contributed by atoms with van der Waals surface area (Å²) in [5, 5.41) is 9.48. The van der Waals surface area contributed by atoms with Gasteiger partial charge in [0, 0.05) is 0 Å². The summed E-state index contributed by atoms with van der Waals surface area (Å²) in [6, 6.07) is 7.76. The SMILES string of the molecule is CC(C)(O)COc1ccc(C=CI)cc1. The standard InChI is InChI=1S/C12H15IO2/c1-12(2,14)9-15-11-5-3-10(4-6-11)7-8-13/h3-8,14H,9H2,1-2H3. The van der Waals surface area contributed by atoms with Crippen molar-refractivity contribution in [1.29, 1.82) is 0 Å². The van der Waals surface area contributed by atoms with E-state index in [1.54, 1.807) is 13.8 Å². The summed E-state index contributed by atoms with van der Waals surface area (Å²) in [5.74, 6) is 0.780. The molecule has 1 aromatic rings. The second kappa shape index (κ2) is 5.51. The van der Waals surface area contributed by atoms with Crippen molar-refractivity contribution in [3.8, 4) is 5.75 Å². The Hall–Kier alpha value is -0.550. The van der Waals surface area contributed by atoms with Crippen molar-refractivity contribution in [3.05, 3.63) is 33.9 Å². The maximum absolute atomic E-state index is 9.48. The Kier molecular flexibility index (Phi) is 4.60. The minimum Gasteiger partial charge on any atom is -0.491 e. The number of aliphatic hydroxyl groups is 1. The van der Waals surface area contributed by atoms with Crippen LogP contribution < -0.4 is 4.74 Å². The van der Waals surface area contributed by atoms with Crippen LogP contribution in [0.4, 0.5) is 0 Å². The van der Waals surface area contributed by atoms with Crippen LogP contribution in [-0.4, -0.2) is 17.3 Å². The fourth-order valence-corrected chi connectivity index (χ4v) is 1.42. The molecule has 0 aromatic heterocycles. The lowest BCUT2D eigenvalue weighted by Gasteiger charge is -2.17. The maximum atomic E-state index is 9.48. The van der Waals surface area contributed by atoms with Gasteiger partial charge in [-0.15, -0.1) is 0 Å². The molecule has 1 N–H and O–H groups in total. The average molecular weight is 318 g/mol. The molecule has 15 heavy (non-hydrogen) atoms. The van der Waals surface area contributed by atoms with E-state index in [1.165, 1.54) is 0 Å². The minimum atomic E-state index is -0.791. The summed E-state index contributed by atoms with van der Waals surface area (Å²) >= 11 is 2.18. The lowest BCUT2D eigenvalue weighted by atomic mass is 10.1. The Morgan fingerprint density at radius 1 is 1.33 bits per heavy atom. The Bertz CT molecular complexity index is 322. The molecule has 82 valence electrons. The van der Waals surface area contributed by atoms with Gasteiger partial charge in [-0.25, -0.2) is 0 Å². The maximum Gasteiger partial charge on any atom is 0.119 e. The summed E-state index contributed by atoms with van der Waals surface area (Å²) in [5.41, 5.74) is 0.348. The molecule has 0 aliphatic rings. The van der Waals surface area contributed by atoms with Crippen LogP contribution in [-0.2, 0) is 0 Å². The molecule has 0 heterocycles. The van der Waals surface area contributed by atoms with Crippen molar-refractivity contribution in [2.45, 2.75) is 19.4 Å². The molecule has 0 amide bonds. The van der Waals surface area contributed by atoms with E-state index in [0.29, 0.717) is 6.61 Å². The van der Waals surface area contributed by atoms with Gasteiger partial charge in [-0.05, 0) is 41.7 Å². The van der Waals surface area contributed by atoms with E-state index in [0.717, 1.165) is 11.3 Å². The highest BCUT2D eigenvalue weighted by Gasteiger charge is 2.12. The van der Waals surface area contributed by atoms with Gasteiger partial charge in [0.15, 0.2) is 0 Å². The predicted octanol–water partition coefficient (Wildman–Crippen LogP) is 3.24. The molecule has 0 unspecified atom stereocenters. The highest BCUT2D eigenvalue weighted by Crippen LogP contribution is 2.15. The Balaban J connectivity index is 2.57. The van der Waals surface area contributed by atoms with Gasteiger partial charge in [0.25, 0.3) is 0 Å². The van der Waals surface area contributed by atoms with Gasteiger partial charge < -0.3 is 9.84 Å². The lowest BCUT2D eigenvalue weighted by molar-refractivity contribution is 0.0285. The second-order valence-electron chi connectivity index (χ2n) is 3.96. The highest BCUT2D eigenvalue weighted by molar-refractivity contribution is 14.1. The second-order valence-corrected chi connectivity index (χ2v) is 4.68. The van der Waals surface area contributed by atoms with Gasteiger partial charge >= 0.3 is 0 Å². The average Bonchev–Trinajstić information content (AvgIpc) is 2.16. The van der Waals surface area contributed by atoms with Crippen LogP contribution in [0.2, 0.25) is 0 Å². The van der Waals surface area contributed by atoms with Crippen molar-refractivity contribution in [3.63, 3.8) is 0 Å². The first kappa shape index (κ1) is 12.5. The molecule has 0 spiro atoms. The molecular formula is C12H15IO2. The summed E-state index contributed by atoms with van der Waals surface area (Å²) in [6.07, 6.45) is 2.01. The summed E-state index contributed by atoms with van der Waals surface area (Å²) < 4.78 is 7.39. The van der Waals surface area contributed by atoms with Crippen LogP contribution >= 0.6 is 22.6 Å². The number of rotatable bonds is 4. The monoisotopic (exact) mass is 318 g/mol. The zero-order valence-electron chi connectivity index (χ0n) is 8.90. The molecule has 1 rings (SSSR count). The van der Waals surface area contributed by atoms with E-state index in [-0.39, 0.29) is 0 Å². The third-order valence-electron chi connectivity index (χ3n) is 1.73. The van der Waals surface area contributed by atoms with Crippen molar-refractivity contribution in [2.24, 2.45) is 0 Å². The molecular weight excluding hydrogens is 303 g/mol. The van der Waals surface area contributed by atoms with Crippen LogP contribution in [0.15, 0.2) is 28.3 Å². The van der Waals surface area contributed by atoms with E-state index >= 15 is 0 Å². The van der Waals surface area contributed by atoms with Crippen LogP contribution in [0.25, 0.3) is 6.08 Å². The lowest BCUT2D eigenvalue weighted by Crippen LogP contribution is -2.27. The molecule has 0 saturated heterocycles. The van der Waals surface area contributed by atoms with E-state index in [1.807, 2.05) is 34.4 Å². The van der Waals surface area contributed by atoms with Crippen LogP contribution in [0.1, 0.15) is 19.4 Å². The third-order valence-corrected chi connectivity index (χ3v) is 2.09. The molecule has 0 bridgehead atoms. The first-order valence-corrected chi connectivity index (χ1v) is 5.98. The molecule has 1 aromatic carbocycles. The van der Waals surface area contributed by atoms with Crippen molar-refractivity contribution < 1.29 is 9.84 Å². The molecule has 0 saturated carbocycles. The van der Waals surface area contributed by atoms with Gasteiger partial charge in [-0.3, -0.25) is 0 Å². The summed E-state index contributed by atoms with van der Waals surface area (Å²) in [6.45, 7) is 3.74. The van der Waals surface area contributed by atoms with Gasteiger partial charge in [0.05, 0.1) is 5.60 Å². The number of halogens is 1. The Morgan fingerprint density at radius 2 is 1.93 bits per heavy atom. The molecule has 0 aliphatic heterocycles. The zero-order chi connectivity index (χ0) is 11.3. The zero-order valence-corrected chi connectivity index (χ0v) is 11.1. The fraction of sp³-hybridized carbons (Fsp3) is 0.333. The predicted molar refractivity (Wildman–Crippen MR) is 71.3 cm³/mol. The van der Waals surface area contributed by atoms with E-state index in [9.17, 15) is 5.11 Å². The molecule has 0 radical (unpaired) electrons.